The van der Waals surface area contributed by atoms with Crippen LogP contribution in [0, 0.1) is 5.92 Å². The first-order chi connectivity index (χ1) is 8.23. The molecule has 0 aromatic carbocycles. The maximum absolute atomic E-state index is 12.3. The van der Waals surface area contributed by atoms with E-state index in [2.05, 4.69) is 9.47 Å². The van der Waals surface area contributed by atoms with Gasteiger partial charge in [-0.2, -0.15) is 13.2 Å². The van der Waals surface area contributed by atoms with Crippen molar-refractivity contribution in [3.8, 4) is 0 Å². The summed E-state index contributed by atoms with van der Waals surface area (Å²) in [5.74, 6) is -3.50. The average molecular weight is 271 g/mol. The van der Waals surface area contributed by atoms with Gasteiger partial charge in [0.15, 0.2) is 0 Å². The standard InChI is InChI=1S/C10H16F3NO4/c1-7(8(15)18-3)6-14(4-5-17-2)9(16)10(11,12)13/h7H,4-6H2,1-3H3. The van der Waals surface area contributed by atoms with Gasteiger partial charge in [0, 0.05) is 20.2 Å². The van der Waals surface area contributed by atoms with Gasteiger partial charge in [0.05, 0.1) is 19.6 Å². The van der Waals surface area contributed by atoms with Crippen LogP contribution in [-0.4, -0.2) is 56.9 Å². The van der Waals surface area contributed by atoms with Gasteiger partial charge in [0.1, 0.15) is 0 Å². The molecule has 0 bridgehead atoms. The molecule has 0 N–H and O–H groups in total. The van der Waals surface area contributed by atoms with Crippen molar-refractivity contribution >= 4 is 11.9 Å². The maximum atomic E-state index is 12.3. The topological polar surface area (TPSA) is 55.8 Å². The summed E-state index contributed by atoms with van der Waals surface area (Å²) in [7, 11) is 2.43. The molecule has 0 spiro atoms. The largest absolute Gasteiger partial charge is 0.471 e. The lowest BCUT2D eigenvalue weighted by Crippen LogP contribution is -2.45. The Bertz CT molecular complexity index is 293. The number of nitrogens with zero attached hydrogens (tertiary/aromatic N) is 1. The molecule has 0 saturated heterocycles. The van der Waals surface area contributed by atoms with E-state index in [0.29, 0.717) is 4.90 Å². The Morgan fingerprint density at radius 2 is 1.83 bits per heavy atom. The first-order valence-corrected chi connectivity index (χ1v) is 5.16. The minimum absolute atomic E-state index is 0.0459. The molecule has 1 unspecified atom stereocenters. The van der Waals surface area contributed by atoms with Crippen molar-refractivity contribution < 1.29 is 32.2 Å². The molecule has 0 aromatic rings. The summed E-state index contributed by atoms with van der Waals surface area (Å²) in [6.45, 7) is 0.732. The van der Waals surface area contributed by atoms with E-state index in [1.165, 1.54) is 14.0 Å². The number of halogens is 3. The Hall–Kier alpha value is -1.31. The van der Waals surface area contributed by atoms with Gasteiger partial charge in [-0.25, -0.2) is 0 Å². The van der Waals surface area contributed by atoms with Gasteiger partial charge in [-0.05, 0) is 0 Å². The molecule has 0 saturated carbocycles. The number of hydrogen-bond donors (Lipinski definition) is 0. The monoisotopic (exact) mass is 271 g/mol. The van der Waals surface area contributed by atoms with E-state index in [-0.39, 0.29) is 19.7 Å². The van der Waals surface area contributed by atoms with Crippen molar-refractivity contribution in [2.24, 2.45) is 5.92 Å². The molecule has 0 radical (unpaired) electrons. The molecule has 5 nitrogen and oxygen atoms in total. The van der Waals surface area contributed by atoms with Crippen LogP contribution in [-0.2, 0) is 19.1 Å². The van der Waals surface area contributed by atoms with E-state index in [0.717, 1.165) is 7.11 Å². The van der Waals surface area contributed by atoms with Crippen molar-refractivity contribution in [3.63, 3.8) is 0 Å². The first-order valence-electron chi connectivity index (χ1n) is 5.16. The molecule has 0 rings (SSSR count). The lowest BCUT2D eigenvalue weighted by molar-refractivity contribution is -0.187. The summed E-state index contributed by atoms with van der Waals surface area (Å²) in [6.07, 6.45) is -4.97. The number of rotatable bonds is 6. The van der Waals surface area contributed by atoms with Crippen LogP contribution in [0.2, 0.25) is 0 Å². The van der Waals surface area contributed by atoms with Crippen molar-refractivity contribution in [1.29, 1.82) is 0 Å². The Kier molecular flexibility index (Phi) is 6.67. The van der Waals surface area contributed by atoms with Gasteiger partial charge < -0.3 is 14.4 Å². The summed E-state index contributed by atoms with van der Waals surface area (Å²) in [5, 5.41) is 0. The average Bonchev–Trinajstić information content (AvgIpc) is 2.30. The highest BCUT2D eigenvalue weighted by atomic mass is 19.4. The van der Waals surface area contributed by atoms with Crippen LogP contribution in [0.4, 0.5) is 13.2 Å². The molecule has 0 aliphatic heterocycles. The zero-order valence-electron chi connectivity index (χ0n) is 10.4. The van der Waals surface area contributed by atoms with Crippen LogP contribution in [0.25, 0.3) is 0 Å². The maximum Gasteiger partial charge on any atom is 0.471 e. The predicted octanol–water partition coefficient (Wildman–Crippen LogP) is 0.833. The summed E-state index contributed by atoms with van der Waals surface area (Å²) in [4.78, 5) is 22.8. The van der Waals surface area contributed by atoms with E-state index < -0.39 is 24.0 Å². The lowest BCUT2D eigenvalue weighted by atomic mass is 10.1. The number of hydrogen-bond acceptors (Lipinski definition) is 4. The summed E-state index contributed by atoms with van der Waals surface area (Å²) in [5.41, 5.74) is 0. The Labute approximate surface area is 103 Å². The SMILES string of the molecule is COCCN(CC(C)C(=O)OC)C(=O)C(F)(F)F. The number of carbonyl (C=O) groups excluding carboxylic acids is 2. The molecule has 0 aliphatic carbocycles. The predicted molar refractivity (Wildman–Crippen MR) is 55.7 cm³/mol. The molecule has 0 heterocycles. The summed E-state index contributed by atoms with van der Waals surface area (Å²) in [6, 6.07) is 0. The minimum atomic E-state index is -4.97. The second-order valence-corrected chi connectivity index (χ2v) is 3.67. The number of ether oxygens (including phenoxy) is 2. The van der Waals surface area contributed by atoms with Gasteiger partial charge >= 0.3 is 18.1 Å². The highest BCUT2D eigenvalue weighted by Gasteiger charge is 2.42. The van der Waals surface area contributed by atoms with E-state index in [4.69, 9.17) is 0 Å². The normalized spacial score (nSPS) is 13.0. The zero-order valence-corrected chi connectivity index (χ0v) is 10.4. The van der Waals surface area contributed by atoms with Crippen LogP contribution in [0.15, 0.2) is 0 Å². The fraction of sp³-hybridized carbons (Fsp3) is 0.800. The van der Waals surface area contributed by atoms with Crippen molar-refractivity contribution in [1.82, 2.24) is 4.90 Å². The number of esters is 1. The molecular weight excluding hydrogens is 255 g/mol. The van der Waals surface area contributed by atoms with Crippen molar-refractivity contribution in [2.45, 2.75) is 13.1 Å². The molecular formula is C10H16F3NO4. The van der Waals surface area contributed by atoms with Gasteiger partial charge in [0.25, 0.3) is 0 Å². The van der Waals surface area contributed by atoms with Crippen LogP contribution in [0.5, 0.6) is 0 Å². The first kappa shape index (κ1) is 16.7. The molecule has 0 aliphatic rings. The lowest BCUT2D eigenvalue weighted by Gasteiger charge is -2.25. The van der Waals surface area contributed by atoms with Crippen molar-refractivity contribution in [2.75, 3.05) is 33.9 Å². The van der Waals surface area contributed by atoms with Crippen LogP contribution in [0.3, 0.4) is 0 Å². The summed E-state index contributed by atoms with van der Waals surface area (Å²) >= 11 is 0. The van der Waals surface area contributed by atoms with Crippen LogP contribution < -0.4 is 0 Å². The third-order valence-electron chi connectivity index (χ3n) is 2.19. The van der Waals surface area contributed by atoms with Gasteiger partial charge in [-0.1, -0.05) is 6.92 Å². The number of carbonyl (C=O) groups is 2. The fourth-order valence-corrected chi connectivity index (χ4v) is 1.26. The van der Waals surface area contributed by atoms with E-state index in [1.54, 1.807) is 0 Å². The van der Waals surface area contributed by atoms with Crippen LogP contribution in [0.1, 0.15) is 6.92 Å². The highest BCUT2D eigenvalue weighted by Crippen LogP contribution is 2.19. The van der Waals surface area contributed by atoms with E-state index in [9.17, 15) is 22.8 Å². The third-order valence-corrected chi connectivity index (χ3v) is 2.19. The Morgan fingerprint density at radius 3 is 2.22 bits per heavy atom. The van der Waals surface area contributed by atoms with Gasteiger partial charge in [0.2, 0.25) is 0 Å². The Balaban J connectivity index is 4.68. The molecule has 8 heteroatoms. The fourth-order valence-electron chi connectivity index (χ4n) is 1.26. The molecule has 106 valence electrons. The van der Waals surface area contributed by atoms with E-state index in [1.807, 2.05) is 0 Å². The second-order valence-electron chi connectivity index (χ2n) is 3.67. The molecule has 0 aromatic heterocycles. The molecule has 1 amide bonds. The van der Waals surface area contributed by atoms with Gasteiger partial charge in [-0.15, -0.1) is 0 Å². The molecule has 0 fully saturated rings. The minimum Gasteiger partial charge on any atom is -0.469 e. The smallest absolute Gasteiger partial charge is 0.469 e. The van der Waals surface area contributed by atoms with E-state index >= 15 is 0 Å². The van der Waals surface area contributed by atoms with Crippen molar-refractivity contribution in [3.05, 3.63) is 0 Å². The quantitative estimate of drug-likeness (QED) is 0.671. The van der Waals surface area contributed by atoms with Gasteiger partial charge in [-0.3, -0.25) is 9.59 Å². The second kappa shape index (κ2) is 7.20. The third kappa shape index (κ3) is 5.35. The van der Waals surface area contributed by atoms with Crippen LogP contribution >= 0.6 is 0 Å². The number of alkyl halides is 3. The molecule has 18 heavy (non-hydrogen) atoms. The number of methoxy groups -OCH3 is 2. The number of amides is 1. The molecule has 1 atom stereocenters. The Morgan fingerprint density at radius 1 is 1.28 bits per heavy atom. The summed E-state index contributed by atoms with van der Waals surface area (Å²) < 4.78 is 46.0. The zero-order chi connectivity index (χ0) is 14.3. The highest BCUT2D eigenvalue weighted by molar-refractivity contribution is 5.82.